The molecule has 0 saturated carbocycles. The maximum absolute atomic E-state index is 12.4. The van der Waals surface area contributed by atoms with Crippen LogP contribution in [0.25, 0.3) is 0 Å². The number of carbonyl (C=O) groups is 1. The molecular formula is C14H16N6O3. The topological polar surface area (TPSA) is 97.4 Å². The van der Waals surface area contributed by atoms with E-state index in [0.717, 1.165) is 5.69 Å². The minimum absolute atomic E-state index is 0.0194. The van der Waals surface area contributed by atoms with Crippen LogP contribution in [0.15, 0.2) is 24.7 Å². The smallest absolute Gasteiger partial charge is 0.290 e. The van der Waals surface area contributed by atoms with Gasteiger partial charge in [0.2, 0.25) is 5.91 Å². The molecule has 120 valence electrons. The van der Waals surface area contributed by atoms with Gasteiger partial charge in [0.15, 0.2) is 0 Å². The molecule has 0 unspecified atom stereocenters. The Labute approximate surface area is 132 Å². The van der Waals surface area contributed by atoms with E-state index >= 15 is 0 Å². The van der Waals surface area contributed by atoms with Crippen molar-refractivity contribution in [3.63, 3.8) is 0 Å². The number of aromatic nitrogens is 3. The van der Waals surface area contributed by atoms with Crippen LogP contribution in [0, 0.1) is 17.0 Å². The van der Waals surface area contributed by atoms with Crippen molar-refractivity contribution in [3.8, 4) is 0 Å². The number of amides is 1. The molecule has 3 rings (SSSR count). The summed E-state index contributed by atoms with van der Waals surface area (Å²) in [5.41, 5.74) is 1.28. The first-order chi connectivity index (χ1) is 11.0. The van der Waals surface area contributed by atoms with Crippen molar-refractivity contribution >= 4 is 23.1 Å². The van der Waals surface area contributed by atoms with Gasteiger partial charge in [-0.15, -0.1) is 0 Å². The molecule has 2 aromatic heterocycles. The first-order valence-corrected chi connectivity index (χ1v) is 7.10. The van der Waals surface area contributed by atoms with E-state index in [0.29, 0.717) is 24.5 Å². The lowest BCUT2D eigenvalue weighted by atomic mass is 10.2. The highest BCUT2D eigenvalue weighted by Gasteiger charge is 2.27. The van der Waals surface area contributed by atoms with E-state index in [9.17, 15) is 14.9 Å². The first-order valence-electron chi connectivity index (χ1n) is 7.10. The fourth-order valence-corrected chi connectivity index (χ4v) is 2.59. The molecule has 1 fully saturated rings. The Bertz CT molecular complexity index is 772. The number of nitro groups is 1. The lowest BCUT2D eigenvalue weighted by Crippen LogP contribution is -2.50. The van der Waals surface area contributed by atoms with Crippen molar-refractivity contribution in [1.82, 2.24) is 14.8 Å². The number of aryl methyl sites for hydroxylation is 2. The highest BCUT2D eigenvalue weighted by atomic mass is 16.6. The van der Waals surface area contributed by atoms with Gasteiger partial charge in [-0.25, -0.2) is 4.98 Å². The summed E-state index contributed by atoms with van der Waals surface area (Å²) in [6.07, 6.45) is 4.69. The molecule has 0 N–H and O–H groups in total. The van der Waals surface area contributed by atoms with E-state index in [1.165, 1.54) is 6.20 Å². The predicted molar refractivity (Wildman–Crippen MR) is 83.4 cm³/mol. The minimum Gasteiger partial charge on any atom is -0.345 e. The molecule has 1 saturated heterocycles. The molecular weight excluding hydrogens is 300 g/mol. The zero-order valence-electron chi connectivity index (χ0n) is 12.8. The molecule has 0 bridgehead atoms. The second-order valence-corrected chi connectivity index (χ2v) is 5.43. The standard InChI is InChI=1S/C14H16N6O3/c1-10-5-13(15-7-12(10)20(22)23)18-3-4-19(14(21)9-18)11-6-16-17(2)8-11/h5-8H,3-4,9H2,1-2H3. The summed E-state index contributed by atoms with van der Waals surface area (Å²) in [6, 6.07) is 1.64. The Morgan fingerprint density at radius 1 is 1.30 bits per heavy atom. The van der Waals surface area contributed by atoms with Gasteiger partial charge in [0.25, 0.3) is 5.69 Å². The number of piperazine rings is 1. The van der Waals surface area contributed by atoms with E-state index in [1.807, 2.05) is 4.90 Å². The van der Waals surface area contributed by atoms with Crippen molar-refractivity contribution in [2.75, 3.05) is 29.4 Å². The van der Waals surface area contributed by atoms with Gasteiger partial charge in [0.1, 0.15) is 12.0 Å². The van der Waals surface area contributed by atoms with Crippen molar-refractivity contribution in [1.29, 1.82) is 0 Å². The van der Waals surface area contributed by atoms with Crippen LogP contribution in [-0.4, -0.2) is 45.2 Å². The largest absolute Gasteiger partial charge is 0.345 e. The molecule has 23 heavy (non-hydrogen) atoms. The van der Waals surface area contributed by atoms with Gasteiger partial charge in [-0.05, 0) is 13.0 Å². The summed E-state index contributed by atoms with van der Waals surface area (Å²) in [5, 5.41) is 14.9. The average molecular weight is 316 g/mol. The predicted octanol–water partition coefficient (Wildman–Crippen LogP) is 0.885. The molecule has 0 radical (unpaired) electrons. The molecule has 3 heterocycles. The molecule has 1 aliphatic heterocycles. The maximum Gasteiger partial charge on any atom is 0.290 e. The number of hydrogen-bond acceptors (Lipinski definition) is 6. The van der Waals surface area contributed by atoms with E-state index in [4.69, 9.17) is 0 Å². The number of pyridine rings is 1. The van der Waals surface area contributed by atoms with Crippen LogP contribution in [0.2, 0.25) is 0 Å². The summed E-state index contributed by atoms with van der Waals surface area (Å²) in [7, 11) is 1.80. The van der Waals surface area contributed by atoms with Crippen molar-refractivity contribution < 1.29 is 9.72 Å². The molecule has 1 aliphatic rings. The number of rotatable bonds is 3. The van der Waals surface area contributed by atoms with Crippen LogP contribution < -0.4 is 9.80 Å². The third kappa shape index (κ3) is 2.85. The number of hydrogen-bond donors (Lipinski definition) is 0. The zero-order chi connectivity index (χ0) is 16.6. The Balaban J connectivity index is 1.76. The SMILES string of the molecule is Cc1cc(N2CCN(c3cnn(C)c3)C(=O)C2)ncc1[N+](=O)[O-]. The fourth-order valence-electron chi connectivity index (χ4n) is 2.59. The molecule has 0 spiro atoms. The Hall–Kier alpha value is -2.97. The molecule has 9 nitrogen and oxygen atoms in total. The summed E-state index contributed by atoms with van der Waals surface area (Å²) < 4.78 is 1.65. The van der Waals surface area contributed by atoms with Gasteiger partial charge in [0, 0.05) is 31.9 Å². The van der Waals surface area contributed by atoms with Crippen LogP contribution in [0.5, 0.6) is 0 Å². The van der Waals surface area contributed by atoms with Gasteiger partial charge in [-0.3, -0.25) is 19.6 Å². The second kappa shape index (κ2) is 5.67. The Kier molecular flexibility index (Phi) is 3.68. The molecule has 0 aliphatic carbocycles. The zero-order valence-corrected chi connectivity index (χ0v) is 12.8. The molecule has 0 atom stereocenters. The lowest BCUT2D eigenvalue weighted by molar-refractivity contribution is -0.385. The van der Waals surface area contributed by atoms with Crippen molar-refractivity contribution in [2.24, 2.45) is 7.05 Å². The third-order valence-electron chi connectivity index (χ3n) is 3.81. The number of nitrogens with zero attached hydrogens (tertiary/aromatic N) is 6. The third-order valence-corrected chi connectivity index (χ3v) is 3.81. The van der Waals surface area contributed by atoms with E-state index in [-0.39, 0.29) is 18.1 Å². The van der Waals surface area contributed by atoms with Crippen LogP contribution >= 0.6 is 0 Å². The highest BCUT2D eigenvalue weighted by molar-refractivity contribution is 5.97. The van der Waals surface area contributed by atoms with Gasteiger partial charge in [-0.1, -0.05) is 0 Å². The van der Waals surface area contributed by atoms with Gasteiger partial charge in [-0.2, -0.15) is 5.10 Å². The van der Waals surface area contributed by atoms with Gasteiger partial charge >= 0.3 is 0 Å². The number of carbonyl (C=O) groups excluding carboxylic acids is 1. The Morgan fingerprint density at radius 2 is 2.09 bits per heavy atom. The second-order valence-electron chi connectivity index (χ2n) is 5.43. The van der Waals surface area contributed by atoms with E-state index < -0.39 is 4.92 Å². The summed E-state index contributed by atoms with van der Waals surface area (Å²) in [4.78, 5) is 30.4. The average Bonchev–Trinajstić information content (AvgIpc) is 2.93. The fraction of sp³-hybridized carbons (Fsp3) is 0.357. The lowest BCUT2D eigenvalue weighted by Gasteiger charge is -2.34. The monoisotopic (exact) mass is 316 g/mol. The molecule has 0 aromatic carbocycles. The van der Waals surface area contributed by atoms with Crippen molar-refractivity contribution in [3.05, 3.63) is 40.3 Å². The molecule has 2 aromatic rings. The van der Waals surface area contributed by atoms with Crippen LogP contribution in [-0.2, 0) is 11.8 Å². The molecule has 1 amide bonds. The van der Waals surface area contributed by atoms with Crippen LogP contribution in [0.3, 0.4) is 0 Å². The van der Waals surface area contributed by atoms with Crippen molar-refractivity contribution in [2.45, 2.75) is 6.92 Å². The van der Waals surface area contributed by atoms with Gasteiger partial charge < -0.3 is 9.80 Å². The van der Waals surface area contributed by atoms with Gasteiger partial charge in [0.05, 0.1) is 23.4 Å². The molecule has 9 heteroatoms. The Morgan fingerprint density at radius 3 is 2.65 bits per heavy atom. The summed E-state index contributed by atoms with van der Waals surface area (Å²) in [5.74, 6) is 0.523. The summed E-state index contributed by atoms with van der Waals surface area (Å²) in [6.45, 7) is 2.96. The minimum atomic E-state index is -0.461. The summed E-state index contributed by atoms with van der Waals surface area (Å²) >= 11 is 0. The highest BCUT2D eigenvalue weighted by Crippen LogP contribution is 2.23. The number of anilines is 2. The van der Waals surface area contributed by atoms with E-state index in [1.54, 1.807) is 42.0 Å². The quantitative estimate of drug-likeness (QED) is 0.616. The van der Waals surface area contributed by atoms with Crippen LogP contribution in [0.4, 0.5) is 17.2 Å². The maximum atomic E-state index is 12.4. The normalized spacial score (nSPS) is 15.1. The van der Waals surface area contributed by atoms with E-state index in [2.05, 4.69) is 10.1 Å². The first kappa shape index (κ1) is 14.9. The van der Waals surface area contributed by atoms with Crippen LogP contribution in [0.1, 0.15) is 5.56 Å².